The van der Waals surface area contributed by atoms with Gasteiger partial charge in [0, 0.05) is 23.7 Å². The first-order chi connectivity index (χ1) is 9.45. The van der Waals surface area contributed by atoms with E-state index in [1.165, 1.54) is 25.0 Å². The third-order valence-corrected chi connectivity index (χ3v) is 6.04. The van der Waals surface area contributed by atoms with Gasteiger partial charge in [0.2, 0.25) is 10.0 Å². The van der Waals surface area contributed by atoms with Crippen LogP contribution in [0.2, 0.25) is 10.0 Å². The van der Waals surface area contributed by atoms with Crippen molar-refractivity contribution in [3.8, 4) is 0 Å². The molecule has 0 bridgehead atoms. The number of hydrogen-bond donors (Lipinski definition) is 2. The summed E-state index contributed by atoms with van der Waals surface area (Å²) in [6, 6.07) is 2.93. The van der Waals surface area contributed by atoms with Crippen LogP contribution in [-0.2, 0) is 16.6 Å². The number of benzene rings is 1. The van der Waals surface area contributed by atoms with Crippen LogP contribution in [-0.4, -0.2) is 15.0 Å². The molecule has 0 heterocycles. The third-order valence-electron chi connectivity index (χ3n) is 3.68. The molecule has 0 unspecified atom stereocenters. The molecule has 1 aliphatic rings. The molecule has 0 aliphatic heterocycles. The highest BCUT2D eigenvalue weighted by Crippen LogP contribution is 2.31. The van der Waals surface area contributed by atoms with Crippen molar-refractivity contribution >= 4 is 33.2 Å². The standard InChI is InChI=1S/C13H18Cl2N2O2S/c14-11-5-6-12(13(15)10(11)7-16)20(18,19)17-8-9-3-1-2-4-9/h5-6,9,17H,1-4,7-8,16H2. The zero-order valence-electron chi connectivity index (χ0n) is 11.0. The largest absolute Gasteiger partial charge is 0.326 e. The van der Waals surface area contributed by atoms with E-state index in [1.54, 1.807) is 0 Å². The molecule has 0 spiro atoms. The number of sulfonamides is 1. The Kier molecular flexibility index (Phi) is 5.31. The zero-order valence-corrected chi connectivity index (χ0v) is 13.4. The van der Waals surface area contributed by atoms with Crippen molar-refractivity contribution in [1.82, 2.24) is 4.72 Å². The number of halogens is 2. The van der Waals surface area contributed by atoms with Crippen molar-refractivity contribution < 1.29 is 8.42 Å². The van der Waals surface area contributed by atoms with E-state index in [-0.39, 0.29) is 16.5 Å². The molecule has 0 atom stereocenters. The molecule has 20 heavy (non-hydrogen) atoms. The Labute approximate surface area is 129 Å². The van der Waals surface area contributed by atoms with Crippen LogP contribution in [0.5, 0.6) is 0 Å². The highest BCUT2D eigenvalue weighted by Gasteiger charge is 2.23. The molecule has 0 saturated heterocycles. The molecular formula is C13H18Cl2N2O2S. The van der Waals surface area contributed by atoms with Crippen LogP contribution >= 0.6 is 23.2 Å². The highest BCUT2D eigenvalue weighted by molar-refractivity contribution is 7.89. The minimum absolute atomic E-state index is 0.0435. The Morgan fingerprint density at radius 3 is 2.50 bits per heavy atom. The molecule has 1 aromatic carbocycles. The van der Waals surface area contributed by atoms with Crippen molar-refractivity contribution in [2.45, 2.75) is 37.1 Å². The van der Waals surface area contributed by atoms with Crippen LogP contribution in [0.3, 0.4) is 0 Å². The smallest absolute Gasteiger partial charge is 0.242 e. The lowest BCUT2D eigenvalue weighted by atomic mass is 10.1. The fourth-order valence-electron chi connectivity index (χ4n) is 2.49. The number of hydrogen-bond acceptors (Lipinski definition) is 3. The van der Waals surface area contributed by atoms with Gasteiger partial charge in [-0.05, 0) is 30.9 Å². The van der Waals surface area contributed by atoms with Crippen LogP contribution < -0.4 is 10.5 Å². The Morgan fingerprint density at radius 2 is 1.90 bits per heavy atom. The van der Waals surface area contributed by atoms with Crippen LogP contribution in [0.4, 0.5) is 0 Å². The SMILES string of the molecule is NCc1c(Cl)ccc(S(=O)(=O)NCC2CCCC2)c1Cl. The van der Waals surface area contributed by atoms with Crippen molar-refractivity contribution in [3.05, 3.63) is 27.7 Å². The molecule has 0 aromatic heterocycles. The topological polar surface area (TPSA) is 72.2 Å². The molecule has 1 saturated carbocycles. The zero-order chi connectivity index (χ0) is 14.8. The van der Waals surface area contributed by atoms with Crippen molar-refractivity contribution in [2.75, 3.05) is 6.54 Å². The van der Waals surface area contributed by atoms with Crippen molar-refractivity contribution in [1.29, 1.82) is 0 Å². The number of nitrogens with one attached hydrogen (secondary N) is 1. The maximum Gasteiger partial charge on any atom is 0.242 e. The molecule has 0 amide bonds. The van der Waals surface area contributed by atoms with E-state index in [9.17, 15) is 8.42 Å². The molecule has 2 rings (SSSR count). The maximum absolute atomic E-state index is 12.3. The average Bonchev–Trinajstić information content (AvgIpc) is 2.90. The monoisotopic (exact) mass is 336 g/mol. The Balaban J connectivity index is 2.20. The minimum atomic E-state index is -3.62. The molecule has 4 nitrogen and oxygen atoms in total. The van der Waals surface area contributed by atoms with E-state index in [4.69, 9.17) is 28.9 Å². The lowest BCUT2D eigenvalue weighted by Gasteiger charge is -2.14. The van der Waals surface area contributed by atoms with E-state index in [2.05, 4.69) is 4.72 Å². The van der Waals surface area contributed by atoms with Crippen LogP contribution in [0.1, 0.15) is 31.2 Å². The summed E-state index contributed by atoms with van der Waals surface area (Å²) < 4.78 is 27.3. The van der Waals surface area contributed by atoms with E-state index in [1.807, 2.05) is 0 Å². The molecule has 0 radical (unpaired) electrons. The van der Waals surface area contributed by atoms with E-state index in [0.717, 1.165) is 12.8 Å². The van der Waals surface area contributed by atoms with Gasteiger partial charge < -0.3 is 5.73 Å². The van der Waals surface area contributed by atoms with Gasteiger partial charge in [0.15, 0.2) is 0 Å². The summed E-state index contributed by atoms with van der Waals surface area (Å²) in [7, 11) is -3.62. The summed E-state index contributed by atoms with van der Waals surface area (Å²) in [5, 5.41) is 0.492. The van der Waals surface area contributed by atoms with Crippen LogP contribution in [0.15, 0.2) is 17.0 Å². The molecule has 7 heteroatoms. The fourth-order valence-corrected chi connectivity index (χ4v) is 4.54. The highest BCUT2D eigenvalue weighted by atomic mass is 35.5. The second kappa shape index (κ2) is 6.62. The summed E-state index contributed by atoms with van der Waals surface area (Å²) in [6.07, 6.45) is 4.49. The second-order valence-electron chi connectivity index (χ2n) is 5.04. The van der Waals surface area contributed by atoms with Crippen LogP contribution in [0.25, 0.3) is 0 Å². The Hall–Kier alpha value is -0.330. The lowest BCUT2D eigenvalue weighted by Crippen LogP contribution is -2.29. The molecule has 1 fully saturated rings. The van der Waals surface area contributed by atoms with Gasteiger partial charge in [-0.15, -0.1) is 0 Å². The van der Waals surface area contributed by atoms with E-state index >= 15 is 0 Å². The van der Waals surface area contributed by atoms with Crippen molar-refractivity contribution in [2.24, 2.45) is 11.7 Å². The van der Waals surface area contributed by atoms with Gasteiger partial charge in [-0.2, -0.15) is 0 Å². The molecule has 1 aliphatic carbocycles. The van der Waals surface area contributed by atoms with Crippen LogP contribution in [0, 0.1) is 5.92 Å². The lowest BCUT2D eigenvalue weighted by molar-refractivity contribution is 0.519. The van der Waals surface area contributed by atoms with Gasteiger partial charge in [-0.25, -0.2) is 13.1 Å². The summed E-state index contributed by atoms with van der Waals surface area (Å²) in [4.78, 5) is 0.0435. The van der Waals surface area contributed by atoms with E-state index in [0.29, 0.717) is 23.0 Å². The summed E-state index contributed by atoms with van der Waals surface area (Å²) >= 11 is 12.1. The van der Waals surface area contributed by atoms with Crippen molar-refractivity contribution in [3.63, 3.8) is 0 Å². The molecule has 3 N–H and O–H groups in total. The van der Waals surface area contributed by atoms with Gasteiger partial charge >= 0.3 is 0 Å². The summed E-state index contributed by atoms with van der Waals surface area (Å²) in [6.45, 7) is 0.558. The molecule has 1 aromatic rings. The second-order valence-corrected chi connectivity index (χ2v) is 7.57. The average molecular weight is 337 g/mol. The molecular weight excluding hydrogens is 319 g/mol. The van der Waals surface area contributed by atoms with Gasteiger partial charge in [-0.3, -0.25) is 0 Å². The third kappa shape index (κ3) is 3.46. The first-order valence-corrected chi connectivity index (χ1v) is 8.86. The van der Waals surface area contributed by atoms with Gasteiger partial charge in [0.25, 0.3) is 0 Å². The first kappa shape index (κ1) is 16.0. The maximum atomic E-state index is 12.3. The van der Waals surface area contributed by atoms with Gasteiger partial charge in [-0.1, -0.05) is 36.0 Å². The summed E-state index contributed by atoms with van der Waals surface area (Å²) in [5.74, 6) is 0.421. The number of rotatable bonds is 5. The number of nitrogens with two attached hydrogens (primary N) is 1. The van der Waals surface area contributed by atoms with E-state index < -0.39 is 10.0 Å². The minimum Gasteiger partial charge on any atom is -0.326 e. The van der Waals surface area contributed by atoms with Gasteiger partial charge in [0.1, 0.15) is 4.90 Å². The quantitative estimate of drug-likeness (QED) is 0.868. The fraction of sp³-hybridized carbons (Fsp3) is 0.538. The van der Waals surface area contributed by atoms with Gasteiger partial charge in [0.05, 0.1) is 5.02 Å². The normalized spacial score (nSPS) is 16.8. The molecule has 112 valence electrons. The Morgan fingerprint density at radius 1 is 1.25 bits per heavy atom. The predicted molar refractivity (Wildman–Crippen MR) is 81.5 cm³/mol. The Bertz CT molecular complexity index is 584. The predicted octanol–water partition coefficient (Wildman–Crippen LogP) is 2.92. The first-order valence-electron chi connectivity index (χ1n) is 6.62. The summed E-state index contributed by atoms with van der Waals surface area (Å²) in [5.41, 5.74) is 6.01.